The Morgan fingerprint density at radius 2 is 1.77 bits per heavy atom. The summed E-state index contributed by atoms with van der Waals surface area (Å²) < 4.78 is 0. The maximum atomic E-state index is 12.9. The molecule has 0 radical (unpaired) electrons. The molecule has 0 saturated heterocycles. The van der Waals surface area contributed by atoms with Crippen molar-refractivity contribution >= 4 is 11.8 Å². The summed E-state index contributed by atoms with van der Waals surface area (Å²) in [5.74, 6) is -0.312. The van der Waals surface area contributed by atoms with Crippen molar-refractivity contribution in [1.29, 1.82) is 0 Å². The third-order valence-electron chi connectivity index (χ3n) is 4.52. The van der Waals surface area contributed by atoms with E-state index in [1.165, 1.54) is 0 Å². The molecule has 1 rings (SSSR count). The molecule has 0 fully saturated rings. The fourth-order valence-corrected chi connectivity index (χ4v) is 2.75. The van der Waals surface area contributed by atoms with Gasteiger partial charge in [0.15, 0.2) is 0 Å². The highest BCUT2D eigenvalue weighted by Gasteiger charge is 2.25. The van der Waals surface area contributed by atoms with Gasteiger partial charge in [0.05, 0.1) is 6.04 Å². The van der Waals surface area contributed by atoms with Gasteiger partial charge in [-0.1, -0.05) is 37.3 Å². The second-order valence-corrected chi connectivity index (χ2v) is 6.68. The number of amides is 2. The first-order chi connectivity index (χ1) is 12.5. The standard InChI is InChI=1S/C20H34N4O2/c1-4-15(2)23-18(14-16-10-6-5-7-11-16)20(26)24-17(19(25)22-3)12-8-9-13-21/h5-7,10-11,15,17-18,23H,4,8-9,12-14,21H2,1-3H3,(H,22,25)(H,24,26)/t15?,17-,18-/m0/s1. The summed E-state index contributed by atoms with van der Waals surface area (Å²) >= 11 is 0. The molecular formula is C20H34N4O2. The monoisotopic (exact) mass is 362 g/mol. The molecule has 146 valence electrons. The van der Waals surface area contributed by atoms with Crippen molar-refractivity contribution in [2.24, 2.45) is 5.73 Å². The quantitative estimate of drug-likeness (QED) is 0.422. The van der Waals surface area contributed by atoms with Crippen LogP contribution in [-0.4, -0.2) is 43.5 Å². The van der Waals surface area contributed by atoms with Gasteiger partial charge in [-0.25, -0.2) is 0 Å². The van der Waals surface area contributed by atoms with Gasteiger partial charge in [0, 0.05) is 13.1 Å². The molecule has 0 bridgehead atoms. The van der Waals surface area contributed by atoms with Gasteiger partial charge < -0.3 is 21.7 Å². The van der Waals surface area contributed by atoms with Crippen LogP contribution in [0.5, 0.6) is 0 Å². The van der Waals surface area contributed by atoms with E-state index >= 15 is 0 Å². The highest BCUT2D eigenvalue weighted by molar-refractivity contribution is 5.89. The predicted octanol–water partition coefficient (Wildman–Crippen LogP) is 1.35. The second kappa shape index (κ2) is 12.4. The van der Waals surface area contributed by atoms with Gasteiger partial charge in [-0.05, 0) is 51.1 Å². The first kappa shape index (κ1) is 22.1. The van der Waals surface area contributed by atoms with Gasteiger partial charge in [-0.2, -0.15) is 0 Å². The van der Waals surface area contributed by atoms with E-state index in [0.29, 0.717) is 19.4 Å². The van der Waals surface area contributed by atoms with Gasteiger partial charge >= 0.3 is 0 Å². The zero-order valence-electron chi connectivity index (χ0n) is 16.3. The largest absolute Gasteiger partial charge is 0.357 e. The van der Waals surface area contributed by atoms with Crippen LogP contribution in [-0.2, 0) is 16.0 Å². The molecule has 0 aliphatic heterocycles. The van der Waals surface area contributed by atoms with Crippen molar-refractivity contribution in [2.75, 3.05) is 13.6 Å². The molecule has 0 saturated carbocycles. The molecular weight excluding hydrogens is 328 g/mol. The van der Waals surface area contributed by atoms with Crippen molar-refractivity contribution in [3.8, 4) is 0 Å². The molecule has 26 heavy (non-hydrogen) atoms. The van der Waals surface area contributed by atoms with Crippen molar-refractivity contribution in [3.05, 3.63) is 35.9 Å². The topological polar surface area (TPSA) is 96.2 Å². The summed E-state index contributed by atoms with van der Waals surface area (Å²) in [6.45, 7) is 4.72. The molecule has 1 aromatic carbocycles. The lowest BCUT2D eigenvalue weighted by molar-refractivity contribution is -0.130. The van der Waals surface area contributed by atoms with Gasteiger partial charge in [0.25, 0.3) is 0 Å². The lowest BCUT2D eigenvalue weighted by atomic mass is 10.0. The van der Waals surface area contributed by atoms with E-state index in [4.69, 9.17) is 5.73 Å². The molecule has 5 N–H and O–H groups in total. The molecule has 0 heterocycles. The fraction of sp³-hybridized carbons (Fsp3) is 0.600. The maximum Gasteiger partial charge on any atom is 0.242 e. The Morgan fingerprint density at radius 1 is 1.08 bits per heavy atom. The van der Waals surface area contributed by atoms with E-state index in [2.05, 4.69) is 29.8 Å². The second-order valence-electron chi connectivity index (χ2n) is 6.68. The van der Waals surface area contributed by atoms with Crippen LogP contribution in [0.2, 0.25) is 0 Å². The number of carbonyl (C=O) groups excluding carboxylic acids is 2. The number of carbonyl (C=O) groups is 2. The molecule has 0 aliphatic carbocycles. The van der Waals surface area contributed by atoms with Crippen molar-refractivity contribution in [2.45, 2.75) is 64.1 Å². The van der Waals surface area contributed by atoms with Gasteiger partial charge in [0.2, 0.25) is 11.8 Å². The van der Waals surface area contributed by atoms with Crippen molar-refractivity contribution in [1.82, 2.24) is 16.0 Å². The van der Waals surface area contributed by atoms with E-state index in [-0.39, 0.29) is 23.9 Å². The number of nitrogens with two attached hydrogens (primary N) is 1. The Bertz CT molecular complexity index is 536. The zero-order chi connectivity index (χ0) is 19.4. The number of likely N-dealkylation sites (N-methyl/N-ethyl adjacent to an activating group) is 1. The Morgan fingerprint density at radius 3 is 2.35 bits per heavy atom. The molecule has 1 aromatic rings. The molecule has 6 nitrogen and oxygen atoms in total. The summed E-state index contributed by atoms with van der Waals surface area (Å²) in [5, 5.41) is 8.94. The Hall–Kier alpha value is -1.92. The van der Waals surface area contributed by atoms with Gasteiger partial charge in [0.1, 0.15) is 6.04 Å². The lowest BCUT2D eigenvalue weighted by Gasteiger charge is -2.25. The summed E-state index contributed by atoms with van der Waals surface area (Å²) in [6.07, 6.45) is 3.73. The molecule has 0 aliphatic rings. The smallest absolute Gasteiger partial charge is 0.242 e. The molecule has 0 aromatic heterocycles. The maximum absolute atomic E-state index is 12.9. The average Bonchev–Trinajstić information content (AvgIpc) is 2.66. The van der Waals surface area contributed by atoms with Crippen LogP contribution in [0.25, 0.3) is 0 Å². The number of unbranched alkanes of at least 4 members (excludes halogenated alkanes) is 1. The lowest BCUT2D eigenvalue weighted by Crippen LogP contribution is -2.54. The summed E-state index contributed by atoms with van der Waals surface area (Å²) in [4.78, 5) is 25.0. The number of hydrogen-bond donors (Lipinski definition) is 4. The number of hydrogen-bond acceptors (Lipinski definition) is 4. The van der Waals surface area contributed by atoms with Crippen LogP contribution >= 0.6 is 0 Å². The Balaban J connectivity index is 2.81. The Labute approximate surface area is 157 Å². The Kier molecular flexibility index (Phi) is 10.6. The average molecular weight is 363 g/mol. The highest BCUT2D eigenvalue weighted by Crippen LogP contribution is 2.07. The van der Waals surface area contributed by atoms with Crippen LogP contribution in [0.15, 0.2) is 30.3 Å². The fourth-order valence-electron chi connectivity index (χ4n) is 2.75. The molecule has 0 spiro atoms. The zero-order valence-corrected chi connectivity index (χ0v) is 16.3. The highest BCUT2D eigenvalue weighted by atomic mass is 16.2. The van der Waals surface area contributed by atoms with E-state index in [1.54, 1.807) is 7.05 Å². The summed E-state index contributed by atoms with van der Waals surface area (Å²) in [6, 6.07) is 9.21. The van der Waals surface area contributed by atoms with E-state index in [9.17, 15) is 9.59 Å². The van der Waals surface area contributed by atoms with Gasteiger partial charge in [-0.15, -0.1) is 0 Å². The summed E-state index contributed by atoms with van der Waals surface area (Å²) in [7, 11) is 1.59. The van der Waals surface area contributed by atoms with Gasteiger partial charge in [-0.3, -0.25) is 9.59 Å². The molecule has 6 heteroatoms. The summed E-state index contributed by atoms with van der Waals surface area (Å²) in [5.41, 5.74) is 6.62. The van der Waals surface area contributed by atoms with Crippen LogP contribution < -0.4 is 21.7 Å². The van der Waals surface area contributed by atoms with Crippen LogP contribution in [0.3, 0.4) is 0 Å². The SMILES string of the molecule is CCC(C)N[C@@H](Cc1ccccc1)C(=O)N[C@@H](CCCCN)C(=O)NC. The number of nitrogens with one attached hydrogen (secondary N) is 3. The number of rotatable bonds is 12. The first-order valence-electron chi connectivity index (χ1n) is 9.53. The minimum absolute atomic E-state index is 0.143. The first-order valence-corrected chi connectivity index (χ1v) is 9.53. The van der Waals surface area contributed by atoms with Crippen LogP contribution in [0.1, 0.15) is 45.1 Å². The number of benzene rings is 1. The minimum atomic E-state index is -0.531. The third-order valence-corrected chi connectivity index (χ3v) is 4.52. The van der Waals surface area contributed by atoms with Crippen LogP contribution in [0, 0.1) is 0 Å². The third kappa shape index (κ3) is 7.97. The normalized spacial score (nSPS) is 14.3. The predicted molar refractivity (Wildman–Crippen MR) is 106 cm³/mol. The van der Waals surface area contributed by atoms with E-state index < -0.39 is 6.04 Å². The molecule has 1 unspecified atom stereocenters. The van der Waals surface area contributed by atoms with E-state index in [1.807, 2.05) is 30.3 Å². The molecule has 2 amide bonds. The van der Waals surface area contributed by atoms with E-state index in [0.717, 1.165) is 24.8 Å². The molecule has 3 atom stereocenters. The van der Waals surface area contributed by atoms with Crippen LogP contribution in [0.4, 0.5) is 0 Å². The van der Waals surface area contributed by atoms with Crippen molar-refractivity contribution < 1.29 is 9.59 Å². The minimum Gasteiger partial charge on any atom is -0.357 e. The van der Waals surface area contributed by atoms with Crippen molar-refractivity contribution in [3.63, 3.8) is 0 Å².